The summed E-state index contributed by atoms with van der Waals surface area (Å²) in [7, 11) is 0. The Labute approximate surface area is 114 Å². The third kappa shape index (κ3) is 5.85. The Bertz CT molecular complexity index is 362. The molecule has 0 saturated carbocycles. The second-order valence-corrected chi connectivity index (χ2v) is 4.74. The molecule has 0 amide bonds. The van der Waals surface area contributed by atoms with Gasteiger partial charge in [-0.05, 0) is 11.5 Å². The first kappa shape index (κ1) is 15.7. The molecule has 0 aliphatic carbocycles. The van der Waals surface area contributed by atoms with Gasteiger partial charge in [0.25, 0.3) is 0 Å². The van der Waals surface area contributed by atoms with Crippen molar-refractivity contribution in [2.45, 2.75) is 20.5 Å². The summed E-state index contributed by atoms with van der Waals surface area (Å²) < 4.78 is 10.5. The smallest absolute Gasteiger partial charge is 0.311 e. The summed E-state index contributed by atoms with van der Waals surface area (Å²) in [5, 5.41) is 8.67. The molecule has 4 nitrogen and oxygen atoms in total. The zero-order valence-electron chi connectivity index (χ0n) is 11.5. The average molecular weight is 266 g/mol. The molecule has 0 saturated heterocycles. The summed E-state index contributed by atoms with van der Waals surface area (Å²) in [5.41, 5.74) is 0.967. The van der Waals surface area contributed by atoms with Gasteiger partial charge in [-0.1, -0.05) is 44.2 Å². The van der Waals surface area contributed by atoms with Crippen LogP contribution < -0.4 is 0 Å². The molecule has 0 heterocycles. The lowest BCUT2D eigenvalue weighted by atomic mass is 9.97. The summed E-state index contributed by atoms with van der Waals surface area (Å²) in [4.78, 5) is 12.0. The highest BCUT2D eigenvalue weighted by Crippen LogP contribution is 2.14. The van der Waals surface area contributed by atoms with E-state index in [-0.39, 0.29) is 44.2 Å². The monoisotopic (exact) mass is 266 g/mol. The Kier molecular flexibility index (Phi) is 7.15. The number of rotatable bonds is 8. The molecule has 19 heavy (non-hydrogen) atoms. The minimum atomic E-state index is -0.296. The second kappa shape index (κ2) is 8.67. The third-order valence-corrected chi connectivity index (χ3v) is 2.86. The molecular weight excluding hydrogens is 244 g/mol. The second-order valence-electron chi connectivity index (χ2n) is 4.74. The molecule has 4 heteroatoms. The SMILES string of the molecule is CC(C)[C@H](COCCO)C(=O)OCc1ccccc1. The van der Waals surface area contributed by atoms with E-state index in [4.69, 9.17) is 14.6 Å². The molecule has 1 N–H and O–H groups in total. The van der Waals surface area contributed by atoms with E-state index in [9.17, 15) is 4.79 Å². The number of aliphatic hydroxyl groups excluding tert-OH is 1. The number of carbonyl (C=O) groups excluding carboxylic acids is 1. The maximum Gasteiger partial charge on any atom is 0.311 e. The quantitative estimate of drug-likeness (QED) is 0.577. The fourth-order valence-corrected chi connectivity index (χ4v) is 1.64. The van der Waals surface area contributed by atoms with Crippen LogP contribution in [0.5, 0.6) is 0 Å². The van der Waals surface area contributed by atoms with E-state index in [1.807, 2.05) is 44.2 Å². The highest BCUT2D eigenvalue weighted by molar-refractivity contribution is 5.72. The van der Waals surface area contributed by atoms with E-state index in [1.165, 1.54) is 0 Å². The largest absolute Gasteiger partial charge is 0.461 e. The molecule has 1 atom stereocenters. The third-order valence-electron chi connectivity index (χ3n) is 2.86. The van der Waals surface area contributed by atoms with Crippen molar-refractivity contribution in [2.24, 2.45) is 11.8 Å². The fourth-order valence-electron chi connectivity index (χ4n) is 1.64. The summed E-state index contributed by atoms with van der Waals surface area (Å²) in [6.07, 6.45) is 0. The number of benzene rings is 1. The Morgan fingerprint density at radius 1 is 1.26 bits per heavy atom. The highest BCUT2D eigenvalue weighted by Gasteiger charge is 2.24. The Morgan fingerprint density at radius 3 is 2.53 bits per heavy atom. The van der Waals surface area contributed by atoms with Crippen molar-refractivity contribution in [3.8, 4) is 0 Å². The number of esters is 1. The number of carbonyl (C=O) groups is 1. The van der Waals surface area contributed by atoms with E-state index >= 15 is 0 Å². The number of ether oxygens (including phenoxy) is 2. The molecule has 1 rings (SSSR count). The van der Waals surface area contributed by atoms with Crippen LogP contribution in [0.3, 0.4) is 0 Å². The molecular formula is C15H22O4. The van der Waals surface area contributed by atoms with Crippen LogP contribution >= 0.6 is 0 Å². The van der Waals surface area contributed by atoms with E-state index in [1.54, 1.807) is 0 Å². The van der Waals surface area contributed by atoms with Gasteiger partial charge in [-0.2, -0.15) is 0 Å². The molecule has 0 bridgehead atoms. The molecule has 1 aromatic rings. The molecule has 0 aromatic heterocycles. The number of hydrogen-bond donors (Lipinski definition) is 1. The lowest BCUT2D eigenvalue weighted by molar-refractivity contribution is -0.154. The van der Waals surface area contributed by atoms with Crippen molar-refractivity contribution in [2.75, 3.05) is 19.8 Å². The van der Waals surface area contributed by atoms with Gasteiger partial charge in [0.15, 0.2) is 0 Å². The normalized spacial score (nSPS) is 12.4. The lowest BCUT2D eigenvalue weighted by Gasteiger charge is -2.19. The molecule has 0 aliphatic heterocycles. The Balaban J connectivity index is 2.43. The van der Waals surface area contributed by atoms with Gasteiger partial charge in [0.2, 0.25) is 0 Å². The molecule has 0 aliphatic rings. The maximum absolute atomic E-state index is 12.0. The van der Waals surface area contributed by atoms with Gasteiger partial charge >= 0.3 is 5.97 Å². The van der Waals surface area contributed by atoms with Crippen molar-refractivity contribution in [3.63, 3.8) is 0 Å². The minimum absolute atomic E-state index is 0.0378. The van der Waals surface area contributed by atoms with Crippen molar-refractivity contribution in [1.29, 1.82) is 0 Å². The van der Waals surface area contributed by atoms with Gasteiger partial charge in [-0.3, -0.25) is 4.79 Å². The van der Waals surface area contributed by atoms with Gasteiger partial charge < -0.3 is 14.6 Å². The lowest BCUT2D eigenvalue weighted by Crippen LogP contribution is -2.27. The minimum Gasteiger partial charge on any atom is -0.461 e. The van der Waals surface area contributed by atoms with E-state index in [0.717, 1.165) is 5.56 Å². The summed E-state index contributed by atoms with van der Waals surface area (Å²) in [5.74, 6) is -0.408. The summed E-state index contributed by atoms with van der Waals surface area (Å²) >= 11 is 0. The van der Waals surface area contributed by atoms with Crippen molar-refractivity contribution in [3.05, 3.63) is 35.9 Å². The predicted molar refractivity (Wildman–Crippen MR) is 72.5 cm³/mol. The standard InChI is InChI=1S/C15H22O4/c1-12(2)14(11-18-9-8-16)15(17)19-10-13-6-4-3-5-7-13/h3-7,12,14,16H,8-11H2,1-2H3/t14-/m0/s1. The Hall–Kier alpha value is -1.39. The van der Waals surface area contributed by atoms with Crippen LogP contribution in [0.4, 0.5) is 0 Å². The van der Waals surface area contributed by atoms with Crippen LogP contribution in [0.25, 0.3) is 0 Å². The first-order valence-electron chi connectivity index (χ1n) is 6.54. The molecule has 0 fully saturated rings. The Morgan fingerprint density at radius 2 is 1.95 bits per heavy atom. The van der Waals surface area contributed by atoms with Gasteiger partial charge in [0, 0.05) is 0 Å². The predicted octanol–water partition coefficient (Wildman–Crippen LogP) is 2.01. The molecule has 0 unspecified atom stereocenters. The first-order valence-corrected chi connectivity index (χ1v) is 6.54. The van der Waals surface area contributed by atoms with Crippen LogP contribution in [-0.2, 0) is 20.9 Å². The molecule has 0 spiro atoms. The van der Waals surface area contributed by atoms with Gasteiger partial charge in [0.1, 0.15) is 6.61 Å². The average Bonchev–Trinajstić information content (AvgIpc) is 2.42. The zero-order chi connectivity index (χ0) is 14.1. The molecule has 1 aromatic carbocycles. The maximum atomic E-state index is 12.0. The van der Waals surface area contributed by atoms with Crippen LogP contribution in [-0.4, -0.2) is 30.9 Å². The topological polar surface area (TPSA) is 55.8 Å². The fraction of sp³-hybridized carbons (Fsp3) is 0.533. The van der Waals surface area contributed by atoms with Crippen LogP contribution in [0.2, 0.25) is 0 Å². The van der Waals surface area contributed by atoms with Crippen molar-refractivity contribution < 1.29 is 19.4 Å². The van der Waals surface area contributed by atoms with E-state index in [0.29, 0.717) is 0 Å². The zero-order valence-corrected chi connectivity index (χ0v) is 11.5. The van der Waals surface area contributed by atoms with Crippen LogP contribution in [0.15, 0.2) is 30.3 Å². The molecule has 0 radical (unpaired) electrons. The van der Waals surface area contributed by atoms with Gasteiger partial charge in [-0.15, -0.1) is 0 Å². The van der Waals surface area contributed by atoms with Gasteiger partial charge in [0.05, 0.1) is 25.7 Å². The van der Waals surface area contributed by atoms with Crippen molar-refractivity contribution >= 4 is 5.97 Å². The van der Waals surface area contributed by atoms with Gasteiger partial charge in [-0.25, -0.2) is 0 Å². The van der Waals surface area contributed by atoms with Crippen LogP contribution in [0.1, 0.15) is 19.4 Å². The van der Waals surface area contributed by atoms with Crippen molar-refractivity contribution in [1.82, 2.24) is 0 Å². The molecule has 106 valence electrons. The number of hydrogen-bond acceptors (Lipinski definition) is 4. The number of aliphatic hydroxyl groups is 1. The summed E-state index contributed by atoms with van der Waals surface area (Å²) in [6.45, 7) is 4.68. The summed E-state index contributed by atoms with van der Waals surface area (Å²) in [6, 6.07) is 9.58. The van der Waals surface area contributed by atoms with Crippen LogP contribution in [0, 0.1) is 11.8 Å². The highest BCUT2D eigenvalue weighted by atomic mass is 16.5. The van der Waals surface area contributed by atoms with E-state index < -0.39 is 0 Å². The van der Waals surface area contributed by atoms with E-state index in [2.05, 4.69) is 0 Å². The first-order chi connectivity index (χ1) is 9.15.